The van der Waals surface area contributed by atoms with Crippen molar-refractivity contribution >= 4 is 11.8 Å². The zero-order chi connectivity index (χ0) is 23.1. The summed E-state index contributed by atoms with van der Waals surface area (Å²) >= 11 is 0. The second-order valence-corrected chi connectivity index (χ2v) is 8.52. The zero-order valence-electron chi connectivity index (χ0n) is 19.1. The summed E-state index contributed by atoms with van der Waals surface area (Å²) in [6.45, 7) is 9.20. The van der Waals surface area contributed by atoms with Crippen molar-refractivity contribution in [3.05, 3.63) is 0 Å². The molecule has 0 aliphatic carbocycles. The number of hydrogen-bond acceptors (Lipinski definition) is 6. The predicted molar refractivity (Wildman–Crippen MR) is 117 cm³/mol. The normalized spacial score (nSPS) is 15.7. The minimum atomic E-state index is -1.98. The number of aliphatic hydroxyl groups is 4. The Labute approximate surface area is 181 Å². The Morgan fingerprint density at radius 2 is 1.10 bits per heavy atom. The fourth-order valence-corrected chi connectivity index (χ4v) is 3.25. The van der Waals surface area contributed by atoms with Crippen LogP contribution in [0.4, 0.5) is 0 Å². The van der Waals surface area contributed by atoms with Crippen LogP contribution >= 0.6 is 0 Å². The second kappa shape index (κ2) is 16.5. The average molecular weight is 433 g/mol. The quantitative estimate of drug-likeness (QED) is 0.190. The molecule has 0 fully saturated rings. The van der Waals surface area contributed by atoms with E-state index in [2.05, 4.69) is 38.3 Å². The van der Waals surface area contributed by atoms with Crippen LogP contribution < -0.4 is 10.6 Å². The van der Waals surface area contributed by atoms with Crippen molar-refractivity contribution in [2.75, 3.05) is 13.1 Å². The van der Waals surface area contributed by atoms with Crippen LogP contribution in [0.1, 0.15) is 79.1 Å². The SMILES string of the molecule is CCC(CC)CCCCNC(=O)C(O)C(O)C(O)C(O)C(=O)NCCCCC(C)C. The topological polar surface area (TPSA) is 139 Å². The molecule has 0 saturated heterocycles. The molecule has 0 aromatic carbocycles. The Morgan fingerprint density at radius 3 is 1.47 bits per heavy atom. The van der Waals surface area contributed by atoms with E-state index < -0.39 is 36.2 Å². The molecule has 2 amide bonds. The number of rotatable bonds is 17. The maximum absolute atomic E-state index is 12.0. The molecule has 8 heteroatoms. The van der Waals surface area contributed by atoms with Gasteiger partial charge in [0.05, 0.1) is 0 Å². The van der Waals surface area contributed by atoms with Gasteiger partial charge in [-0.05, 0) is 24.7 Å². The Bertz CT molecular complexity index is 471. The van der Waals surface area contributed by atoms with Gasteiger partial charge in [0, 0.05) is 13.1 Å². The fourth-order valence-electron chi connectivity index (χ4n) is 3.25. The van der Waals surface area contributed by atoms with Crippen LogP contribution in [0.2, 0.25) is 0 Å². The molecule has 0 aliphatic heterocycles. The molecule has 0 rings (SSSR count). The van der Waals surface area contributed by atoms with E-state index in [0.29, 0.717) is 24.9 Å². The van der Waals surface area contributed by atoms with Crippen LogP contribution in [0.25, 0.3) is 0 Å². The smallest absolute Gasteiger partial charge is 0.251 e. The summed E-state index contributed by atoms with van der Waals surface area (Å²) in [7, 11) is 0. The van der Waals surface area contributed by atoms with Crippen molar-refractivity contribution in [1.82, 2.24) is 10.6 Å². The van der Waals surface area contributed by atoms with E-state index in [1.807, 2.05) is 0 Å². The standard InChI is InChI=1S/C22H44N2O6/c1-5-16(6-2)12-8-10-14-24-22(30)20(28)18(26)17(25)19(27)21(29)23-13-9-7-11-15(3)4/h15-20,25-28H,5-14H2,1-4H3,(H,23,29)(H,24,30). The molecule has 0 radical (unpaired) electrons. The third kappa shape index (κ3) is 11.8. The highest BCUT2D eigenvalue weighted by Crippen LogP contribution is 2.15. The Kier molecular flexibility index (Phi) is 15.8. The molecule has 0 aromatic heterocycles. The highest BCUT2D eigenvalue weighted by molar-refractivity contribution is 5.83. The summed E-state index contributed by atoms with van der Waals surface area (Å²) in [4.78, 5) is 23.9. The number of unbranched alkanes of at least 4 members (excludes halogenated alkanes) is 2. The molecule has 0 aliphatic rings. The molecular weight excluding hydrogens is 388 g/mol. The summed E-state index contributed by atoms with van der Waals surface area (Å²) in [6.07, 6.45) is -0.122. The molecule has 6 N–H and O–H groups in total. The van der Waals surface area contributed by atoms with Gasteiger partial charge in [-0.1, -0.05) is 66.2 Å². The van der Waals surface area contributed by atoms with Crippen LogP contribution in [0, 0.1) is 11.8 Å². The zero-order valence-corrected chi connectivity index (χ0v) is 19.1. The van der Waals surface area contributed by atoms with Gasteiger partial charge in [-0.2, -0.15) is 0 Å². The molecule has 4 atom stereocenters. The number of aliphatic hydroxyl groups excluding tert-OH is 4. The van der Waals surface area contributed by atoms with Gasteiger partial charge in [0.15, 0.2) is 12.2 Å². The molecule has 0 bridgehead atoms. The number of hydrogen-bond donors (Lipinski definition) is 6. The summed E-state index contributed by atoms with van der Waals surface area (Å²) in [5, 5.41) is 44.8. The highest BCUT2D eigenvalue weighted by atomic mass is 16.4. The van der Waals surface area contributed by atoms with Crippen molar-refractivity contribution in [2.24, 2.45) is 11.8 Å². The first-order valence-corrected chi connectivity index (χ1v) is 11.4. The van der Waals surface area contributed by atoms with E-state index in [4.69, 9.17) is 0 Å². The van der Waals surface area contributed by atoms with Crippen LogP contribution in [0.3, 0.4) is 0 Å². The average Bonchev–Trinajstić information content (AvgIpc) is 2.73. The molecule has 0 heterocycles. The van der Waals surface area contributed by atoms with Crippen molar-refractivity contribution in [3.8, 4) is 0 Å². The lowest BCUT2D eigenvalue weighted by molar-refractivity contribution is -0.155. The highest BCUT2D eigenvalue weighted by Gasteiger charge is 2.37. The molecule has 0 aromatic rings. The number of nitrogens with one attached hydrogen (secondary N) is 2. The lowest BCUT2D eigenvalue weighted by Crippen LogP contribution is -2.54. The Balaban J connectivity index is 4.24. The van der Waals surface area contributed by atoms with Crippen molar-refractivity contribution < 1.29 is 30.0 Å². The maximum Gasteiger partial charge on any atom is 0.251 e. The number of carbonyl (C=O) groups is 2. The van der Waals surface area contributed by atoms with Gasteiger partial charge in [-0.3, -0.25) is 9.59 Å². The van der Waals surface area contributed by atoms with Crippen LogP contribution in [-0.4, -0.2) is 69.7 Å². The molecule has 8 nitrogen and oxygen atoms in total. The first-order chi connectivity index (χ1) is 14.1. The Hall–Kier alpha value is -1.22. The summed E-state index contributed by atoms with van der Waals surface area (Å²) in [5.41, 5.74) is 0. The predicted octanol–water partition coefficient (Wildman–Crippen LogP) is 1.10. The van der Waals surface area contributed by atoms with E-state index in [0.717, 1.165) is 51.4 Å². The van der Waals surface area contributed by atoms with Gasteiger partial charge in [-0.15, -0.1) is 0 Å². The van der Waals surface area contributed by atoms with E-state index in [9.17, 15) is 30.0 Å². The van der Waals surface area contributed by atoms with Gasteiger partial charge in [-0.25, -0.2) is 0 Å². The van der Waals surface area contributed by atoms with Crippen molar-refractivity contribution in [1.29, 1.82) is 0 Å². The van der Waals surface area contributed by atoms with Crippen LogP contribution in [-0.2, 0) is 9.59 Å². The third-order valence-corrected chi connectivity index (χ3v) is 5.53. The lowest BCUT2D eigenvalue weighted by Gasteiger charge is -2.25. The van der Waals surface area contributed by atoms with Crippen LogP contribution in [0.5, 0.6) is 0 Å². The first-order valence-electron chi connectivity index (χ1n) is 11.4. The molecule has 0 spiro atoms. The van der Waals surface area contributed by atoms with Gasteiger partial charge in [0.2, 0.25) is 0 Å². The van der Waals surface area contributed by atoms with E-state index in [-0.39, 0.29) is 0 Å². The molecule has 0 saturated carbocycles. The third-order valence-electron chi connectivity index (χ3n) is 5.53. The molecule has 178 valence electrons. The van der Waals surface area contributed by atoms with Crippen LogP contribution in [0.15, 0.2) is 0 Å². The van der Waals surface area contributed by atoms with E-state index in [1.54, 1.807) is 0 Å². The van der Waals surface area contributed by atoms with Crippen molar-refractivity contribution in [2.45, 2.75) is 103 Å². The van der Waals surface area contributed by atoms with E-state index in [1.165, 1.54) is 0 Å². The monoisotopic (exact) mass is 432 g/mol. The minimum Gasteiger partial charge on any atom is -0.387 e. The fraction of sp³-hybridized carbons (Fsp3) is 0.909. The summed E-state index contributed by atoms with van der Waals surface area (Å²) < 4.78 is 0. The van der Waals surface area contributed by atoms with Gasteiger partial charge in [0.1, 0.15) is 12.2 Å². The lowest BCUT2D eigenvalue weighted by atomic mass is 9.97. The maximum atomic E-state index is 12.0. The molecular formula is C22H44N2O6. The van der Waals surface area contributed by atoms with Gasteiger partial charge >= 0.3 is 0 Å². The van der Waals surface area contributed by atoms with Crippen molar-refractivity contribution in [3.63, 3.8) is 0 Å². The van der Waals surface area contributed by atoms with Gasteiger partial charge < -0.3 is 31.1 Å². The molecule has 30 heavy (non-hydrogen) atoms. The molecule has 4 unspecified atom stereocenters. The second-order valence-electron chi connectivity index (χ2n) is 8.52. The number of amides is 2. The minimum absolute atomic E-state index is 0.339. The summed E-state index contributed by atoms with van der Waals surface area (Å²) in [6, 6.07) is 0. The van der Waals surface area contributed by atoms with Gasteiger partial charge in [0.25, 0.3) is 11.8 Å². The Morgan fingerprint density at radius 1 is 0.700 bits per heavy atom. The summed E-state index contributed by atoms with van der Waals surface area (Å²) in [5.74, 6) is -0.447. The largest absolute Gasteiger partial charge is 0.387 e. The number of carbonyl (C=O) groups excluding carboxylic acids is 2. The van der Waals surface area contributed by atoms with E-state index >= 15 is 0 Å². The first kappa shape index (κ1) is 28.8.